The van der Waals surface area contributed by atoms with Crippen LogP contribution in [-0.4, -0.2) is 59.5 Å². The number of carbonyl (C=O) groups excluding carboxylic acids is 1. The number of amides is 1. The Kier molecular flexibility index (Phi) is 5.74. The second-order valence-electron chi connectivity index (χ2n) is 8.09. The van der Waals surface area contributed by atoms with E-state index in [0.29, 0.717) is 12.5 Å². The molecule has 0 aliphatic carbocycles. The summed E-state index contributed by atoms with van der Waals surface area (Å²) in [5.74, 6) is -0.325. The summed E-state index contributed by atoms with van der Waals surface area (Å²) in [5, 5.41) is 0. The number of primary amides is 1. The third-order valence-corrected chi connectivity index (χ3v) is 6.51. The third-order valence-electron chi connectivity index (χ3n) is 6.51. The number of fused-ring (bicyclic) bond motifs is 1. The van der Waals surface area contributed by atoms with E-state index in [1.807, 2.05) is 48.5 Å². The summed E-state index contributed by atoms with van der Waals surface area (Å²) in [4.78, 5) is 22.6. The van der Waals surface area contributed by atoms with Gasteiger partial charge in [-0.2, -0.15) is 0 Å². The molecule has 2 aromatic rings. The summed E-state index contributed by atoms with van der Waals surface area (Å²) >= 11 is 0. The average Bonchev–Trinajstić information content (AvgIpc) is 2.75. The van der Waals surface area contributed by atoms with Crippen LogP contribution in [0.4, 0.5) is 0 Å². The van der Waals surface area contributed by atoms with Crippen LogP contribution in [-0.2, 0) is 10.2 Å². The average molecular weight is 379 g/mol. The third kappa shape index (κ3) is 3.69. The molecule has 28 heavy (non-hydrogen) atoms. The number of pyridine rings is 1. The quantitative estimate of drug-likeness (QED) is 0.839. The lowest BCUT2D eigenvalue weighted by atomic mass is 9.73. The molecule has 1 aromatic heterocycles. The minimum Gasteiger partial charge on any atom is -0.369 e. The van der Waals surface area contributed by atoms with Crippen molar-refractivity contribution in [2.45, 2.75) is 37.1 Å². The molecule has 2 aliphatic rings. The summed E-state index contributed by atoms with van der Waals surface area (Å²) < 4.78 is 0. The molecule has 2 aliphatic heterocycles. The highest BCUT2D eigenvalue weighted by Crippen LogP contribution is 2.35. The molecule has 5 nitrogen and oxygen atoms in total. The highest BCUT2D eigenvalue weighted by Gasteiger charge is 2.42. The van der Waals surface area contributed by atoms with Crippen molar-refractivity contribution in [3.05, 3.63) is 66.0 Å². The van der Waals surface area contributed by atoms with Crippen molar-refractivity contribution in [2.24, 2.45) is 5.73 Å². The van der Waals surface area contributed by atoms with E-state index in [-0.39, 0.29) is 5.91 Å². The molecule has 3 heterocycles. The van der Waals surface area contributed by atoms with Gasteiger partial charge in [-0.15, -0.1) is 0 Å². The van der Waals surface area contributed by atoms with Gasteiger partial charge in [0, 0.05) is 31.9 Å². The molecule has 2 atom stereocenters. The SMILES string of the molecule is NC(=O)C(CCN1CCN2CCCCC2C1)(c1ccccc1)c1ccccn1. The predicted molar refractivity (Wildman–Crippen MR) is 111 cm³/mol. The molecule has 2 N–H and O–H groups in total. The highest BCUT2D eigenvalue weighted by molar-refractivity contribution is 5.90. The molecular weight excluding hydrogens is 348 g/mol. The zero-order valence-corrected chi connectivity index (χ0v) is 16.5. The van der Waals surface area contributed by atoms with E-state index in [1.165, 1.54) is 25.8 Å². The summed E-state index contributed by atoms with van der Waals surface area (Å²) in [6.45, 7) is 5.36. The van der Waals surface area contributed by atoms with E-state index in [1.54, 1.807) is 6.20 Å². The van der Waals surface area contributed by atoms with E-state index < -0.39 is 5.41 Å². The minimum absolute atomic E-state index is 0.325. The second kappa shape index (κ2) is 8.41. The Hall–Kier alpha value is -2.24. The Labute approximate surface area is 167 Å². The van der Waals surface area contributed by atoms with E-state index in [9.17, 15) is 4.79 Å². The number of nitrogens with two attached hydrogens (primary N) is 1. The zero-order valence-electron chi connectivity index (χ0n) is 16.5. The van der Waals surface area contributed by atoms with Gasteiger partial charge in [0.15, 0.2) is 0 Å². The van der Waals surface area contributed by atoms with Crippen LogP contribution < -0.4 is 5.73 Å². The van der Waals surface area contributed by atoms with E-state index in [4.69, 9.17) is 5.73 Å². The van der Waals surface area contributed by atoms with Gasteiger partial charge in [0.05, 0.1) is 5.69 Å². The smallest absolute Gasteiger partial charge is 0.234 e. The maximum absolute atomic E-state index is 12.9. The van der Waals surface area contributed by atoms with Gasteiger partial charge in [-0.05, 0) is 50.0 Å². The molecule has 5 heteroatoms. The first-order valence-corrected chi connectivity index (χ1v) is 10.4. The topological polar surface area (TPSA) is 62.5 Å². The molecule has 2 unspecified atom stereocenters. The van der Waals surface area contributed by atoms with Crippen molar-refractivity contribution < 1.29 is 4.79 Å². The normalized spacial score (nSPS) is 22.9. The number of piperazine rings is 1. The van der Waals surface area contributed by atoms with Crippen molar-refractivity contribution in [1.29, 1.82) is 0 Å². The number of hydrogen-bond donors (Lipinski definition) is 1. The van der Waals surface area contributed by atoms with Gasteiger partial charge >= 0.3 is 0 Å². The van der Waals surface area contributed by atoms with Gasteiger partial charge in [-0.1, -0.05) is 42.8 Å². The van der Waals surface area contributed by atoms with Gasteiger partial charge in [-0.25, -0.2) is 0 Å². The predicted octanol–water partition coefficient (Wildman–Crippen LogP) is 2.41. The molecule has 0 radical (unpaired) electrons. The Morgan fingerprint density at radius 3 is 2.64 bits per heavy atom. The number of piperidine rings is 1. The maximum Gasteiger partial charge on any atom is 0.234 e. The first kappa shape index (κ1) is 19.1. The van der Waals surface area contributed by atoms with Crippen LogP contribution in [0.25, 0.3) is 0 Å². The molecule has 4 rings (SSSR count). The van der Waals surface area contributed by atoms with Crippen molar-refractivity contribution in [2.75, 3.05) is 32.7 Å². The Bertz CT molecular complexity index is 740. The molecular formula is C23H30N4O. The van der Waals surface area contributed by atoms with Crippen LogP contribution in [0.2, 0.25) is 0 Å². The zero-order chi connectivity index (χ0) is 19.4. The van der Waals surface area contributed by atoms with Crippen LogP contribution in [0.3, 0.4) is 0 Å². The number of rotatable bonds is 6. The molecule has 148 valence electrons. The minimum atomic E-state index is -0.897. The van der Waals surface area contributed by atoms with Gasteiger partial charge < -0.3 is 10.6 Å². The molecule has 0 bridgehead atoms. The van der Waals surface area contributed by atoms with Crippen molar-refractivity contribution in [3.8, 4) is 0 Å². The number of benzene rings is 1. The van der Waals surface area contributed by atoms with Crippen LogP contribution in [0.5, 0.6) is 0 Å². The van der Waals surface area contributed by atoms with Gasteiger partial charge in [-0.3, -0.25) is 14.7 Å². The van der Waals surface area contributed by atoms with Crippen LogP contribution >= 0.6 is 0 Å². The monoisotopic (exact) mass is 378 g/mol. The molecule has 2 saturated heterocycles. The van der Waals surface area contributed by atoms with Crippen LogP contribution in [0.15, 0.2) is 54.7 Å². The maximum atomic E-state index is 12.9. The van der Waals surface area contributed by atoms with Crippen LogP contribution in [0.1, 0.15) is 36.9 Å². The van der Waals surface area contributed by atoms with Crippen molar-refractivity contribution in [1.82, 2.24) is 14.8 Å². The summed E-state index contributed by atoms with van der Waals surface area (Å²) in [5.41, 5.74) is 6.82. The molecule has 0 spiro atoms. The fourth-order valence-corrected chi connectivity index (χ4v) is 4.90. The van der Waals surface area contributed by atoms with Gasteiger partial charge in [0.25, 0.3) is 0 Å². The number of nitrogens with zero attached hydrogens (tertiary/aromatic N) is 3. The molecule has 2 fully saturated rings. The van der Waals surface area contributed by atoms with E-state index in [2.05, 4.69) is 14.8 Å². The van der Waals surface area contributed by atoms with Gasteiger partial charge in [0.1, 0.15) is 5.41 Å². The first-order chi connectivity index (χ1) is 13.7. The summed E-state index contributed by atoms with van der Waals surface area (Å²) in [7, 11) is 0. The second-order valence-corrected chi connectivity index (χ2v) is 8.09. The fraction of sp³-hybridized carbons (Fsp3) is 0.478. The Morgan fingerprint density at radius 1 is 1.07 bits per heavy atom. The molecule has 0 saturated carbocycles. The largest absolute Gasteiger partial charge is 0.369 e. The lowest BCUT2D eigenvalue weighted by Crippen LogP contribution is -2.55. The van der Waals surface area contributed by atoms with Crippen molar-refractivity contribution in [3.63, 3.8) is 0 Å². The molecule has 1 aromatic carbocycles. The van der Waals surface area contributed by atoms with Crippen molar-refractivity contribution >= 4 is 5.91 Å². The Morgan fingerprint density at radius 2 is 1.89 bits per heavy atom. The first-order valence-electron chi connectivity index (χ1n) is 10.4. The number of carbonyl (C=O) groups is 1. The fourth-order valence-electron chi connectivity index (χ4n) is 4.90. The highest BCUT2D eigenvalue weighted by atomic mass is 16.1. The Balaban J connectivity index is 1.59. The van der Waals surface area contributed by atoms with E-state index >= 15 is 0 Å². The summed E-state index contributed by atoms with van der Waals surface area (Å²) in [6, 6.07) is 16.3. The lowest BCUT2D eigenvalue weighted by Gasteiger charge is -2.45. The molecule has 1 amide bonds. The summed E-state index contributed by atoms with van der Waals surface area (Å²) in [6.07, 6.45) is 6.34. The van der Waals surface area contributed by atoms with Gasteiger partial charge in [0.2, 0.25) is 5.91 Å². The number of hydrogen-bond acceptors (Lipinski definition) is 4. The standard InChI is InChI=1S/C23H30N4O/c24-22(28)23(19-8-2-1-3-9-19,21-11-4-6-13-25-21)12-15-26-16-17-27-14-7-5-10-20(27)18-26/h1-4,6,8-9,11,13,20H,5,7,10,12,14-18H2,(H2,24,28). The van der Waals surface area contributed by atoms with E-state index in [0.717, 1.165) is 37.4 Å². The lowest BCUT2D eigenvalue weighted by molar-refractivity contribution is -0.122. The number of aromatic nitrogens is 1. The van der Waals surface area contributed by atoms with Crippen LogP contribution in [0, 0.1) is 0 Å².